The number of furan rings is 1. The summed E-state index contributed by atoms with van der Waals surface area (Å²) in [5, 5.41) is 11.1. The van der Waals surface area contributed by atoms with Crippen LogP contribution in [0.3, 0.4) is 0 Å². The van der Waals surface area contributed by atoms with Crippen molar-refractivity contribution in [1.82, 2.24) is 4.57 Å². The molecular weight excluding hydrogens is 562 g/mol. The molecule has 0 aliphatic carbocycles. The fourth-order valence-corrected chi connectivity index (χ4v) is 5.90. The number of non-ortho nitro benzene ring substituents is 1. The van der Waals surface area contributed by atoms with Gasteiger partial charge >= 0.3 is 5.97 Å². The summed E-state index contributed by atoms with van der Waals surface area (Å²) in [6.45, 7) is 5.35. The minimum absolute atomic E-state index is 0.00865. The van der Waals surface area contributed by atoms with Gasteiger partial charge in [-0.05, 0) is 62.2 Å². The van der Waals surface area contributed by atoms with Crippen LogP contribution in [0.4, 0.5) is 5.69 Å². The lowest BCUT2D eigenvalue weighted by molar-refractivity contribution is -0.384. The molecule has 0 saturated carbocycles. The number of nitrogens with zero attached hydrogens (tertiary/aromatic N) is 3. The van der Waals surface area contributed by atoms with Crippen LogP contribution in [-0.4, -0.2) is 36.3 Å². The van der Waals surface area contributed by atoms with E-state index in [-0.39, 0.29) is 23.4 Å². The molecule has 1 aliphatic rings. The molecule has 0 radical (unpaired) electrons. The normalized spacial score (nSPS) is 14.8. The van der Waals surface area contributed by atoms with E-state index < -0.39 is 16.9 Å². The Hall–Kier alpha value is -4.97. The van der Waals surface area contributed by atoms with Crippen LogP contribution in [0.2, 0.25) is 0 Å². The zero-order valence-corrected chi connectivity index (χ0v) is 24.3. The van der Waals surface area contributed by atoms with Crippen LogP contribution < -0.4 is 24.4 Å². The van der Waals surface area contributed by atoms with E-state index in [9.17, 15) is 19.7 Å². The Bertz CT molecular complexity index is 1930. The maximum atomic E-state index is 13.9. The average Bonchev–Trinajstić information content (AvgIpc) is 3.55. The van der Waals surface area contributed by atoms with Crippen molar-refractivity contribution in [3.05, 3.63) is 106 Å². The minimum atomic E-state index is -0.822. The van der Waals surface area contributed by atoms with E-state index in [1.54, 1.807) is 63.2 Å². The van der Waals surface area contributed by atoms with Gasteiger partial charge in [0.25, 0.3) is 11.2 Å². The first-order valence-electron chi connectivity index (χ1n) is 12.9. The second kappa shape index (κ2) is 11.5. The van der Waals surface area contributed by atoms with Crippen molar-refractivity contribution in [2.75, 3.05) is 20.8 Å². The van der Waals surface area contributed by atoms with Crippen LogP contribution in [0.15, 0.2) is 74.0 Å². The van der Waals surface area contributed by atoms with Gasteiger partial charge in [-0.3, -0.25) is 19.5 Å². The molecule has 0 amide bonds. The highest BCUT2D eigenvalue weighted by molar-refractivity contribution is 7.07. The molecular formula is C30H27N3O8S. The number of benzene rings is 2. The number of hydrogen-bond acceptors (Lipinski definition) is 10. The van der Waals surface area contributed by atoms with Gasteiger partial charge in [0.15, 0.2) is 16.3 Å². The Morgan fingerprint density at radius 1 is 1.12 bits per heavy atom. The fourth-order valence-electron chi connectivity index (χ4n) is 4.87. The highest BCUT2D eigenvalue weighted by Gasteiger charge is 2.34. The highest BCUT2D eigenvalue weighted by Crippen LogP contribution is 2.36. The number of aryl methyl sites for hydroxylation is 1. The molecule has 1 atom stereocenters. The van der Waals surface area contributed by atoms with Crippen LogP contribution in [-0.2, 0) is 9.53 Å². The summed E-state index contributed by atoms with van der Waals surface area (Å²) in [5.74, 6) is 1.30. The first-order valence-corrected chi connectivity index (χ1v) is 13.7. The molecule has 3 heterocycles. The van der Waals surface area contributed by atoms with Crippen LogP contribution in [0.1, 0.15) is 36.8 Å². The zero-order valence-electron chi connectivity index (χ0n) is 23.5. The van der Waals surface area contributed by atoms with Crippen LogP contribution in [0.5, 0.6) is 11.5 Å². The number of carbonyl (C=O) groups is 1. The second-order valence-corrected chi connectivity index (χ2v) is 10.4. The van der Waals surface area contributed by atoms with Gasteiger partial charge in [-0.15, -0.1) is 0 Å². The number of allylic oxidation sites excluding steroid dienone is 1. The highest BCUT2D eigenvalue weighted by atomic mass is 32.1. The summed E-state index contributed by atoms with van der Waals surface area (Å²) >= 11 is 1.17. The first-order chi connectivity index (χ1) is 20.2. The van der Waals surface area contributed by atoms with E-state index in [0.717, 1.165) is 0 Å². The molecule has 1 aliphatic heterocycles. The predicted molar refractivity (Wildman–Crippen MR) is 155 cm³/mol. The molecule has 2 aromatic heterocycles. The molecule has 0 N–H and O–H groups in total. The molecule has 12 heteroatoms. The number of aromatic nitrogens is 1. The van der Waals surface area contributed by atoms with Gasteiger partial charge in [-0.25, -0.2) is 9.79 Å². The van der Waals surface area contributed by atoms with Crippen molar-refractivity contribution in [1.29, 1.82) is 0 Å². The lowest BCUT2D eigenvalue weighted by Crippen LogP contribution is -2.39. The van der Waals surface area contributed by atoms with E-state index in [4.69, 9.17) is 18.6 Å². The molecule has 2 aromatic carbocycles. The number of rotatable bonds is 8. The molecule has 0 fully saturated rings. The standard InChI is InChI=1S/C30H27N3O8S/c1-6-40-29(35)26-17(3)31-30-32(27(26)18-7-11-23(38-4)24(14-18)39-5)28(34)25(42-30)15-20-9-12-22(41-20)21-10-8-19(33(36)37)13-16(21)2/h7-15,27H,6H2,1-5H3/b25-15+/t27-/m1/s1. The Kier molecular flexibility index (Phi) is 7.81. The number of esters is 1. The summed E-state index contributed by atoms with van der Waals surface area (Å²) in [4.78, 5) is 42.7. The monoisotopic (exact) mass is 589 g/mol. The third-order valence-electron chi connectivity index (χ3n) is 6.83. The molecule has 0 spiro atoms. The molecule has 11 nitrogen and oxygen atoms in total. The Balaban J connectivity index is 1.63. The van der Waals surface area contributed by atoms with E-state index >= 15 is 0 Å². The molecule has 0 unspecified atom stereocenters. The van der Waals surface area contributed by atoms with Gasteiger partial charge in [-0.2, -0.15) is 0 Å². The largest absolute Gasteiger partial charge is 0.493 e. The predicted octanol–water partition coefficient (Wildman–Crippen LogP) is 4.29. The summed E-state index contributed by atoms with van der Waals surface area (Å²) < 4.78 is 24.0. The lowest BCUT2D eigenvalue weighted by atomic mass is 9.95. The van der Waals surface area contributed by atoms with Crippen molar-refractivity contribution >= 4 is 29.1 Å². The number of nitro groups is 1. The quantitative estimate of drug-likeness (QED) is 0.169. The topological polar surface area (TPSA) is 135 Å². The summed E-state index contributed by atoms with van der Waals surface area (Å²) in [5.41, 5.74) is 2.31. The van der Waals surface area contributed by atoms with Crippen molar-refractivity contribution < 1.29 is 28.3 Å². The van der Waals surface area contributed by atoms with Crippen LogP contribution in [0.25, 0.3) is 17.4 Å². The van der Waals surface area contributed by atoms with E-state index in [2.05, 4.69) is 4.99 Å². The molecule has 0 bridgehead atoms. The number of carbonyl (C=O) groups excluding carboxylic acids is 1. The zero-order chi connectivity index (χ0) is 30.1. The van der Waals surface area contributed by atoms with Gasteiger partial charge < -0.3 is 18.6 Å². The number of nitro benzene ring substituents is 1. The second-order valence-electron chi connectivity index (χ2n) is 9.38. The summed E-state index contributed by atoms with van der Waals surface area (Å²) in [6, 6.07) is 12.4. The fraction of sp³-hybridized carbons (Fsp3) is 0.233. The van der Waals surface area contributed by atoms with Gasteiger partial charge in [0.05, 0.1) is 47.6 Å². The average molecular weight is 590 g/mol. The van der Waals surface area contributed by atoms with E-state index in [0.29, 0.717) is 54.7 Å². The summed E-state index contributed by atoms with van der Waals surface area (Å²) in [7, 11) is 3.04. The molecule has 5 rings (SSSR count). The number of ether oxygens (including phenoxy) is 3. The van der Waals surface area contributed by atoms with Gasteiger partial charge in [0.1, 0.15) is 11.5 Å². The minimum Gasteiger partial charge on any atom is -0.493 e. The molecule has 42 heavy (non-hydrogen) atoms. The Morgan fingerprint density at radius 3 is 2.55 bits per heavy atom. The van der Waals surface area contributed by atoms with E-state index in [1.165, 1.54) is 42.3 Å². The number of methoxy groups -OCH3 is 2. The number of hydrogen-bond donors (Lipinski definition) is 0. The van der Waals surface area contributed by atoms with Crippen molar-refractivity contribution in [3.8, 4) is 22.8 Å². The molecule has 216 valence electrons. The first kappa shape index (κ1) is 28.6. The van der Waals surface area contributed by atoms with Gasteiger partial charge in [0.2, 0.25) is 0 Å². The van der Waals surface area contributed by atoms with Crippen LogP contribution >= 0.6 is 11.3 Å². The number of fused-ring (bicyclic) bond motifs is 1. The lowest BCUT2D eigenvalue weighted by Gasteiger charge is -2.25. The maximum absolute atomic E-state index is 13.9. The third-order valence-corrected chi connectivity index (χ3v) is 7.81. The van der Waals surface area contributed by atoms with Gasteiger partial charge in [0, 0.05) is 23.8 Å². The SMILES string of the molecule is CCOC(=O)C1=C(C)N=c2s/c(=C/c3ccc(-c4ccc([N+](=O)[O-])cc4C)o3)c(=O)n2[C@@H]1c1ccc(OC)c(OC)c1. The molecule has 4 aromatic rings. The Labute approximate surface area is 243 Å². The van der Waals surface area contributed by atoms with Crippen LogP contribution in [0, 0.1) is 17.0 Å². The van der Waals surface area contributed by atoms with Crippen molar-refractivity contribution in [3.63, 3.8) is 0 Å². The third kappa shape index (κ3) is 5.12. The smallest absolute Gasteiger partial charge is 0.338 e. The van der Waals surface area contributed by atoms with Gasteiger partial charge in [-0.1, -0.05) is 17.4 Å². The maximum Gasteiger partial charge on any atom is 0.338 e. The van der Waals surface area contributed by atoms with E-state index in [1.807, 2.05) is 0 Å². The van der Waals surface area contributed by atoms with Crippen molar-refractivity contribution in [2.45, 2.75) is 26.8 Å². The molecule has 0 saturated heterocycles. The summed E-state index contributed by atoms with van der Waals surface area (Å²) in [6.07, 6.45) is 1.61. The number of thiazole rings is 1. The van der Waals surface area contributed by atoms with Crippen molar-refractivity contribution in [2.24, 2.45) is 4.99 Å². The Morgan fingerprint density at radius 2 is 1.88 bits per heavy atom.